The maximum Gasteiger partial charge on any atom is 0.125 e. The van der Waals surface area contributed by atoms with E-state index in [0.717, 1.165) is 35.5 Å². The fraction of sp³-hybridized carbons (Fsp3) is 0.400. The van der Waals surface area contributed by atoms with Crippen LogP contribution in [0.1, 0.15) is 43.2 Å². The molecule has 2 N–H and O–H groups in total. The Balaban J connectivity index is 1.83. The molecule has 0 aliphatic carbocycles. The summed E-state index contributed by atoms with van der Waals surface area (Å²) in [6.07, 6.45) is 5.76. The van der Waals surface area contributed by atoms with E-state index in [-0.39, 0.29) is 6.04 Å². The molecule has 0 bridgehead atoms. The van der Waals surface area contributed by atoms with Gasteiger partial charge in [0.2, 0.25) is 0 Å². The zero-order valence-corrected chi connectivity index (χ0v) is 13.0. The zero-order chi connectivity index (χ0) is 13.9. The van der Waals surface area contributed by atoms with Crippen LogP contribution in [0.4, 0.5) is 0 Å². The standard InChI is InChI=1S/C15H18BrN3O/c1-10(15-17-6-7-18-15)19-13-3-2-8-20-14-9-11(16)4-5-12(13)14/h4-7,9-10,13,19H,2-3,8H2,1H3,(H,17,18). The monoisotopic (exact) mass is 335 g/mol. The minimum Gasteiger partial charge on any atom is -0.493 e. The number of fused-ring (bicyclic) bond motifs is 1. The molecule has 0 amide bonds. The van der Waals surface area contributed by atoms with Gasteiger partial charge in [0.15, 0.2) is 0 Å². The van der Waals surface area contributed by atoms with E-state index in [4.69, 9.17) is 4.74 Å². The summed E-state index contributed by atoms with van der Waals surface area (Å²) < 4.78 is 6.89. The number of H-pyrrole nitrogens is 1. The molecule has 106 valence electrons. The highest BCUT2D eigenvalue weighted by Gasteiger charge is 2.22. The Labute approximate surface area is 127 Å². The van der Waals surface area contributed by atoms with Crippen molar-refractivity contribution in [3.63, 3.8) is 0 Å². The Bertz CT molecular complexity index is 571. The summed E-state index contributed by atoms with van der Waals surface area (Å²) in [6.45, 7) is 2.90. The molecule has 2 heterocycles. The predicted molar refractivity (Wildman–Crippen MR) is 81.8 cm³/mol. The van der Waals surface area contributed by atoms with Gasteiger partial charge in [0.25, 0.3) is 0 Å². The van der Waals surface area contributed by atoms with Crippen LogP contribution in [0.5, 0.6) is 5.75 Å². The SMILES string of the molecule is CC(NC1CCCOc2cc(Br)ccc21)c1ncc[nH]1. The number of halogens is 1. The van der Waals surface area contributed by atoms with Gasteiger partial charge in [-0.1, -0.05) is 22.0 Å². The topological polar surface area (TPSA) is 49.9 Å². The van der Waals surface area contributed by atoms with Gasteiger partial charge in [0.05, 0.1) is 12.6 Å². The Morgan fingerprint density at radius 2 is 2.40 bits per heavy atom. The van der Waals surface area contributed by atoms with Gasteiger partial charge >= 0.3 is 0 Å². The van der Waals surface area contributed by atoms with E-state index in [1.165, 1.54) is 5.56 Å². The van der Waals surface area contributed by atoms with E-state index in [2.05, 4.69) is 50.3 Å². The quantitative estimate of drug-likeness (QED) is 0.898. The lowest BCUT2D eigenvalue weighted by Gasteiger charge is -2.22. The van der Waals surface area contributed by atoms with Crippen molar-refractivity contribution < 1.29 is 4.74 Å². The molecule has 2 unspecified atom stereocenters. The van der Waals surface area contributed by atoms with Crippen molar-refractivity contribution in [2.24, 2.45) is 0 Å². The van der Waals surface area contributed by atoms with E-state index in [1.54, 1.807) is 6.20 Å². The number of ether oxygens (including phenoxy) is 1. The maximum absolute atomic E-state index is 5.84. The van der Waals surface area contributed by atoms with Crippen LogP contribution in [0.15, 0.2) is 35.1 Å². The molecular formula is C15H18BrN3O. The third kappa shape index (κ3) is 2.88. The number of aromatic amines is 1. The molecule has 1 aliphatic heterocycles. The fourth-order valence-corrected chi connectivity index (χ4v) is 2.95. The van der Waals surface area contributed by atoms with Gasteiger partial charge in [0.1, 0.15) is 11.6 Å². The smallest absolute Gasteiger partial charge is 0.125 e. The highest BCUT2D eigenvalue weighted by molar-refractivity contribution is 9.10. The first-order chi connectivity index (χ1) is 9.74. The molecule has 3 rings (SSSR count). The summed E-state index contributed by atoms with van der Waals surface area (Å²) in [4.78, 5) is 7.48. The third-order valence-corrected chi connectivity index (χ3v) is 4.12. The minimum atomic E-state index is 0.185. The Hall–Kier alpha value is -1.33. The van der Waals surface area contributed by atoms with E-state index in [1.807, 2.05) is 12.3 Å². The number of hydrogen-bond donors (Lipinski definition) is 2. The largest absolute Gasteiger partial charge is 0.493 e. The number of hydrogen-bond acceptors (Lipinski definition) is 3. The summed E-state index contributed by atoms with van der Waals surface area (Å²) in [7, 11) is 0. The molecule has 2 atom stereocenters. The molecule has 0 radical (unpaired) electrons. The molecule has 20 heavy (non-hydrogen) atoms. The number of imidazole rings is 1. The molecule has 1 aromatic heterocycles. The maximum atomic E-state index is 5.84. The van der Waals surface area contributed by atoms with Crippen molar-refractivity contribution in [1.29, 1.82) is 0 Å². The Morgan fingerprint density at radius 3 is 3.20 bits per heavy atom. The average Bonchev–Trinajstić information content (AvgIpc) is 2.90. The number of benzene rings is 1. The van der Waals surface area contributed by atoms with Crippen LogP contribution in [0.25, 0.3) is 0 Å². The molecule has 5 heteroatoms. The lowest BCUT2D eigenvalue weighted by molar-refractivity contribution is 0.314. The summed E-state index contributed by atoms with van der Waals surface area (Å²) in [6, 6.07) is 6.73. The fourth-order valence-electron chi connectivity index (χ4n) is 2.61. The van der Waals surface area contributed by atoms with Gasteiger partial charge in [-0.15, -0.1) is 0 Å². The average molecular weight is 336 g/mol. The van der Waals surface area contributed by atoms with Crippen LogP contribution in [-0.2, 0) is 0 Å². The summed E-state index contributed by atoms with van der Waals surface area (Å²) in [5.41, 5.74) is 1.23. The van der Waals surface area contributed by atoms with E-state index >= 15 is 0 Å². The second-order valence-electron chi connectivity index (χ2n) is 5.09. The number of nitrogens with zero attached hydrogens (tertiary/aromatic N) is 1. The lowest BCUT2D eigenvalue weighted by atomic mass is 10.0. The Morgan fingerprint density at radius 1 is 1.50 bits per heavy atom. The van der Waals surface area contributed by atoms with Gasteiger partial charge < -0.3 is 15.0 Å². The summed E-state index contributed by atoms with van der Waals surface area (Å²) in [5.74, 6) is 1.94. The first-order valence-corrected chi connectivity index (χ1v) is 7.71. The van der Waals surface area contributed by atoms with Crippen LogP contribution in [0, 0.1) is 0 Å². The molecule has 4 nitrogen and oxygen atoms in total. The molecule has 1 aromatic carbocycles. The number of nitrogens with one attached hydrogen (secondary N) is 2. The van der Waals surface area contributed by atoms with Crippen LogP contribution in [0.3, 0.4) is 0 Å². The van der Waals surface area contributed by atoms with Crippen molar-refractivity contribution in [3.8, 4) is 5.75 Å². The highest BCUT2D eigenvalue weighted by atomic mass is 79.9. The second-order valence-corrected chi connectivity index (χ2v) is 6.00. The zero-order valence-electron chi connectivity index (χ0n) is 11.4. The normalized spacial score (nSPS) is 19.8. The van der Waals surface area contributed by atoms with Gasteiger partial charge in [0, 0.05) is 28.5 Å². The van der Waals surface area contributed by atoms with Crippen molar-refractivity contribution in [3.05, 3.63) is 46.5 Å². The second kappa shape index (κ2) is 5.97. The minimum absolute atomic E-state index is 0.185. The van der Waals surface area contributed by atoms with Gasteiger partial charge in [-0.3, -0.25) is 0 Å². The van der Waals surface area contributed by atoms with Crippen LogP contribution < -0.4 is 10.1 Å². The van der Waals surface area contributed by atoms with E-state index in [9.17, 15) is 0 Å². The van der Waals surface area contributed by atoms with Crippen molar-refractivity contribution >= 4 is 15.9 Å². The highest BCUT2D eigenvalue weighted by Crippen LogP contribution is 2.34. The predicted octanol–water partition coefficient (Wildman–Crippen LogP) is 3.74. The van der Waals surface area contributed by atoms with Crippen molar-refractivity contribution in [2.45, 2.75) is 31.8 Å². The van der Waals surface area contributed by atoms with Crippen LogP contribution in [0.2, 0.25) is 0 Å². The van der Waals surface area contributed by atoms with E-state index in [0.29, 0.717) is 6.04 Å². The molecule has 2 aromatic rings. The molecule has 0 fully saturated rings. The van der Waals surface area contributed by atoms with Gasteiger partial charge in [-0.25, -0.2) is 4.98 Å². The summed E-state index contributed by atoms with van der Waals surface area (Å²) in [5, 5.41) is 3.65. The van der Waals surface area contributed by atoms with Gasteiger partial charge in [-0.2, -0.15) is 0 Å². The van der Waals surface area contributed by atoms with Gasteiger partial charge in [-0.05, 0) is 31.9 Å². The first-order valence-electron chi connectivity index (χ1n) is 6.91. The van der Waals surface area contributed by atoms with Crippen LogP contribution >= 0.6 is 15.9 Å². The molecule has 1 aliphatic rings. The third-order valence-electron chi connectivity index (χ3n) is 3.63. The lowest BCUT2D eigenvalue weighted by Crippen LogP contribution is -2.25. The molecule has 0 saturated carbocycles. The number of rotatable bonds is 3. The number of aromatic nitrogens is 2. The molecule has 0 spiro atoms. The first kappa shape index (κ1) is 13.6. The van der Waals surface area contributed by atoms with E-state index < -0.39 is 0 Å². The Kier molecular flexibility index (Phi) is 4.08. The summed E-state index contributed by atoms with van der Waals surface area (Å²) >= 11 is 3.50. The molecular weight excluding hydrogens is 318 g/mol. The van der Waals surface area contributed by atoms with Crippen LogP contribution in [-0.4, -0.2) is 16.6 Å². The van der Waals surface area contributed by atoms with Crippen molar-refractivity contribution in [2.75, 3.05) is 6.61 Å². The molecule has 0 saturated heterocycles. The van der Waals surface area contributed by atoms with Crippen molar-refractivity contribution in [1.82, 2.24) is 15.3 Å².